The van der Waals surface area contributed by atoms with Crippen LogP contribution in [0.1, 0.15) is 33.9 Å². The number of anilines is 1. The van der Waals surface area contributed by atoms with Crippen molar-refractivity contribution in [2.24, 2.45) is 0 Å². The van der Waals surface area contributed by atoms with Gasteiger partial charge in [-0.2, -0.15) is 0 Å². The molecule has 1 aliphatic rings. The molecule has 3 aromatic carbocycles. The van der Waals surface area contributed by atoms with Gasteiger partial charge in [0, 0.05) is 17.7 Å². The quantitative estimate of drug-likeness (QED) is 0.731. The Balaban J connectivity index is 1.51. The average Bonchev–Trinajstić information content (AvgIpc) is 2.67. The SMILES string of the molecule is O=C1CC(c2cccc(OCc3ccccc3)c2)Nc2ccccc21. The van der Waals surface area contributed by atoms with Crippen LogP contribution in [0.4, 0.5) is 5.69 Å². The van der Waals surface area contributed by atoms with Crippen LogP contribution in [0.15, 0.2) is 78.9 Å². The standard InChI is InChI=1S/C22H19NO2/c24-22-14-21(23-20-12-5-4-11-19(20)22)17-9-6-10-18(13-17)25-15-16-7-2-1-3-8-16/h1-13,21,23H,14-15H2. The van der Waals surface area contributed by atoms with Gasteiger partial charge in [0.05, 0.1) is 6.04 Å². The van der Waals surface area contributed by atoms with E-state index < -0.39 is 0 Å². The van der Waals surface area contributed by atoms with Gasteiger partial charge in [0.1, 0.15) is 12.4 Å². The lowest BCUT2D eigenvalue weighted by Crippen LogP contribution is -2.22. The molecular weight excluding hydrogens is 310 g/mol. The van der Waals surface area contributed by atoms with Gasteiger partial charge in [-0.25, -0.2) is 0 Å². The number of hydrogen-bond donors (Lipinski definition) is 1. The molecule has 0 bridgehead atoms. The molecule has 3 heteroatoms. The van der Waals surface area contributed by atoms with E-state index in [1.807, 2.05) is 78.9 Å². The lowest BCUT2D eigenvalue weighted by molar-refractivity contribution is 0.0972. The van der Waals surface area contributed by atoms with E-state index in [4.69, 9.17) is 4.74 Å². The molecule has 0 aromatic heterocycles. The lowest BCUT2D eigenvalue weighted by Gasteiger charge is -2.26. The predicted molar refractivity (Wildman–Crippen MR) is 99.0 cm³/mol. The summed E-state index contributed by atoms with van der Waals surface area (Å²) >= 11 is 0. The van der Waals surface area contributed by atoms with Crippen LogP contribution in [0.2, 0.25) is 0 Å². The third-order valence-corrected chi connectivity index (χ3v) is 4.46. The Morgan fingerprint density at radius 1 is 0.920 bits per heavy atom. The number of fused-ring (bicyclic) bond motifs is 1. The summed E-state index contributed by atoms with van der Waals surface area (Å²) < 4.78 is 5.91. The topological polar surface area (TPSA) is 38.3 Å². The van der Waals surface area contributed by atoms with Crippen LogP contribution in [0.25, 0.3) is 0 Å². The summed E-state index contributed by atoms with van der Waals surface area (Å²) in [4.78, 5) is 12.4. The van der Waals surface area contributed by atoms with Crippen molar-refractivity contribution in [3.8, 4) is 5.75 Å². The number of carbonyl (C=O) groups is 1. The minimum absolute atomic E-state index is 0.0253. The maximum absolute atomic E-state index is 12.4. The number of ketones is 1. The highest BCUT2D eigenvalue weighted by Gasteiger charge is 2.25. The van der Waals surface area contributed by atoms with E-state index in [0.717, 1.165) is 28.1 Å². The first kappa shape index (κ1) is 15.5. The predicted octanol–water partition coefficient (Wildman–Crippen LogP) is 5.01. The van der Waals surface area contributed by atoms with Crippen molar-refractivity contribution in [1.29, 1.82) is 0 Å². The van der Waals surface area contributed by atoms with Crippen LogP contribution in [-0.4, -0.2) is 5.78 Å². The molecule has 0 amide bonds. The highest BCUT2D eigenvalue weighted by Crippen LogP contribution is 2.33. The van der Waals surface area contributed by atoms with Gasteiger partial charge < -0.3 is 10.1 Å². The molecule has 0 saturated heterocycles. The fourth-order valence-corrected chi connectivity index (χ4v) is 3.15. The largest absolute Gasteiger partial charge is 0.489 e. The van der Waals surface area contributed by atoms with Gasteiger partial charge in [-0.05, 0) is 35.4 Å². The first-order chi connectivity index (χ1) is 12.3. The van der Waals surface area contributed by atoms with Gasteiger partial charge in [-0.1, -0.05) is 54.6 Å². The van der Waals surface area contributed by atoms with Crippen LogP contribution in [-0.2, 0) is 6.61 Å². The molecule has 1 unspecified atom stereocenters. The molecule has 1 atom stereocenters. The maximum atomic E-state index is 12.4. The molecule has 0 saturated carbocycles. The second-order valence-electron chi connectivity index (χ2n) is 6.22. The molecular formula is C22H19NO2. The van der Waals surface area contributed by atoms with Crippen molar-refractivity contribution in [3.63, 3.8) is 0 Å². The fraction of sp³-hybridized carbons (Fsp3) is 0.136. The summed E-state index contributed by atoms with van der Waals surface area (Å²) in [6, 6.07) is 25.7. The summed E-state index contributed by atoms with van der Waals surface area (Å²) in [6.07, 6.45) is 0.457. The van der Waals surface area contributed by atoms with Crippen LogP contribution in [0.3, 0.4) is 0 Å². The van der Waals surface area contributed by atoms with Gasteiger partial charge >= 0.3 is 0 Å². The zero-order valence-electron chi connectivity index (χ0n) is 13.8. The Morgan fingerprint density at radius 3 is 2.60 bits per heavy atom. The van der Waals surface area contributed by atoms with Crippen molar-refractivity contribution in [1.82, 2.24) is 0 Å². The number of hydrogen-bond acceptors (Lipinski definition) is 3. The smallest absolute Gasteiger partial charge is 0.167 e. The Morgan fingerprint density at radius 2 is 1.72 bits per heavy atom. The van der Waals surface area contributed by atoms with Crippen molar-refractivity contribution in [2.45, 2.75) is 19.1 Å². The molecule has 0 radical (unpaired) electrons. The second kappa shape index (κ2) is 6.81. The number of carbonyl (C=O) groups excluding carboxylic acids is 1. The normalized spacial score (nSPS) is 16.0. The first-order valence-electron chi connectivity index (χ1n) is 8.45. The second-order valence-corrected chi connectivity index (χ2v) is 6.22. The molecule has 0 fully saturated rings. The summed E-state index contributed by atoms with van der Waals surface area (Å²) in [5, 5.41) is 3.47. The van der Waals surface area contributed by atoms with Crippen LogP contribution in [0.5, 0.6) is 5.75 Å². The summed E-state index contributed by atoms with van der Waals surface area (Å²) in [6.45, 7) is 0.532. The number of ether oxygens (including phenoxy) is 1. The molecule has 0 spiro atoms. The van der Waals surface area contributed by atoms with Gasteiger partial charge in [-0.3, -0.25) is 4.79 Å². The molecule has 0 aliphatic carbocycles. The highest BCUT2D eigenvalue weighted by molar-refractivity contribution is 6.03. The Hall–Kier alpha value is -3.07. The van der Waals surface area contributed by atoms with Crippen LogP contribution >= 0.6 is 0 Å². The molecule has 1 heterocycles. The number of benzene rings is 3. The third kappa shape index (κ3) is 3.41. The van der Waals surface area contributed by atoms with Crippen molar-refractivity contribution >= 4 is 11.5 Å². The van der Waals surface area contributed by atoms with E-state index in [0.29, 0.717) is 13.0 Å². The molecule has 4 rings (SSSR count). The van der Waals surface area contributed by atoms with Crippen molar-refractivity contribution in [2.75, 3.05) is 5.32 Å². The molecule has 3 aromatic rings. The summed E-state index contributed by atoms with van der Waals surface area (Å²) in [7, 11) is 0. The molecule has 1 aliphatic heterocycles. The average molecular weight is 329 g/mol. The highest BCUT2D eigenvalue weighted by atomic mass is 16.5. The zero-order chi connectivity index (χ0) is 17.1. The number of rotatable bonds is 4. The van der Waals surface area contributed by atoms with E-state index in [1.165, 1.54) is 0 Å². The van der Waals surface area contributed by atoms with E-state index in [-0.39, 0.29) is 11.8 Å². The van der Waals surface area contributed by atoms with Crippen LogP contribution < -0.4 is 10.1 Å². The number of para-hydroxylation sites is 1. The number of Topliss-reactive ketones (excluding diaryl/α,β-unsaturated/α-hetero) is 1. The van der Waals surface area contributed by atoms with Crippen LogP contribution in [0, 0.1) is 0 Å². The van der Waals surface area contributed by atoms with Crippen molar-refractivity contribution < 1.29 is 9.53 Å². The molecule has 25 heavy (non-hydrogen) atoms. The lowest BCUT2D eigenvalue weighted by atomic mass is 9.92. The monoisotopic (exact) mass is 329 g/mol. The number of nitrogens with one attached hydrogen (secondary N) is 1. The maximum Gasteiger partial charge on any atom is 0.167 e. The molecule has 3 nitrogen and oxygen atoms in total. The first-order valence-corrected chi connectivity index (χ1v) is 8.45. The van der Waals surface area contributed by atoms with E-state index in [1.54, 1.807) is 0 Å². The van der Waals surface area contributed by atoms with Gasteiger partial charge in [0.15, 0.2) is 5.78 Å². The van der Waals surface area contributed by atoms with E-state index in [9.17, 15) is 4.79 Å². The summed E-state index contributed by atoms with van der Waals surface area (Å²) in [5.74, 6) is 0.990. The fourth-order valence-electron chi connectivity index (χ4n) is 3.15. The summed E-state index contributed by atoms with van der Waals surface area (Å²) in [5.41, 5.74) is 3.87. The van der Waals surface area contributed by atoms with Gasteiger partial charge in [0.2, 0.25) is 0 Å². The van der Waals surface area contributed by atoms with E-state index >= 15 is 0 Å². The Bertz CT molecular complexity index is 889. The van der Waals surface area contributed by atoms with E-state index in [2.05, 4.69) is 5.32 Å². The van der Waals surface area contributed by atoms with Gasteiger partial charge in [0.25, 0.3) is 0 Å². The molecule has 124 valence electrons. The zero-order valence-corrected chi connectivity index (χ0v) is 13.8. The third-order valence-electron chi connectivity index (χ3n) is 4.46. The minimum atomic E-state index is -0.0253. The Labute approximate surface area is 147 Å². The van der Waals surface area contributed by atoms with Crippen molar-refractivity contribution in [3.05, 3.63) is 95.6 Å². The Kier molecular flexibility index (Phi) is 4.21. The minimum Gasteiger partial charge on any atom is -0.489 e. The van der Waals surface area contributed by atoms with Gasteiger partial charge in [-0.15, -0.1) is 0 Å². The molecule has 1 N–H and O–H groups in total.